The van der Waals surface area contributed by atoms with Crippen molar-refractivity contribution in [1.82, 2.24) is 0 Å². The van der Waals surface area contributed by atoms with Crippen molar-refractivity contribution in [3.63, 3.8) is 0 Å². The first kappa shape index (κ1) is 13.1. The van der Waals surface area contributed by atoms with Crippen LogP contribution in [0, 0.1) is 0 Å². The van der Waals surface area contributed by atoms with Gasteiger partial charge in [-0.25, -0.2) is 0 Å². The third-order valence-electron chi connectivity index (χ3n) is 2.28. The molecule has 3 heteroatoms. The van der Waals surface area contributed by atoms with E-state index in [-0.39, 0.29) is 6.61 Å². The molecule has 16 heavy (non-hydrogen) atoms. The molecule has 0 saturated carbocycles. The van der Waals surface area contributed by atoms with Crippen LogP contribution in [0.4, 0.5) is 0 Å². The van der Waals surface area contributed by atoms with Crippen LogP contribution in [0.15, 0.2) is 36.4 Å². The lowest BCUT2D eigenvalue weighted by molar-refractivity contribution is 0.107. The molecule has 1 aromatic carbocycles. The Hall–Kier alpha value is -0.990. The lowest BCUT2D eigenvalue weighted by Gasteiger charge is -2.13. The van der Waals surface area contributed by atoms with E-state index in [9.17, 15) is 5.11 Å². The highest BCUT2D eigenvalue weighted by Crippen LogP contribution is 2.16. The van der Waals surface area contributed by atoms with E-state index in [4.69, 9.17) is 16.3 Å². The van der Waals surface area contributed by atoms with Crippen LogP contribution in [0.5, 0.6) is 5.75 Å². The van der Waals surface area contributed by atoms with E-state index in [1.54, 1.807) is 24.3 Å². The predicted molar refractivity (Wildman–Crippen MR) is 67.0 cm³/mol. The van der Waals surface area contributed by atoms with Gasteiger partial charge in [0, 0.05) is 5.02 Å². The lowest BCUT2D eigenvalue weighted by Crippen LogP contribution is -2.17. The van der Waals surface area contributed by atoms with Crippen molar-refractivity contribution in [2.45, 2.75) is 25.9 Å². The van der Waals surface area contributed by atoms with Gasteiger partial charge < -0.3 is 9.84 Å². The monoisotopic (exact) mass is 240 g/mol. The molecule has 0 radical (unpaired) electrons. The molecule has 0 saturated heterocycles. The largest absolute Gasteiger partial charge is 0.491 e. The van der Waals surface area contributed by atoms with Gasteiger partial charge in [0.1, 0.15) is 12.4 Å². The zero-order valence-corrected chi connectivity index (χ0v) is 10.2. The highest BCUT2D eigenvalue weighted by Gasteiger charge is 2.06. The molecule has 1 aromatic rings. The smallest absolute Gasteiger partial charge is 0.119 e. The summed E-state index contributed by atoms with van der Waals surface area (Å²) in [5, 5.41) is 10.3. The van der Waals surface area contributed by atoms with Crippen molar-refractivity contribution in [2.24, 2.45) is 0 Å². The summed E-state index contributed by atoms with van der Waals surface area (Å²) in [6.45, 7) is 6.15. The maximum Gasteiger partial charge on any atom is 0.119 e. The molecule has 0 aromatic heterocycles. The quantitative estimate of drug-likeness (QED) is 0.772. The SMILES string of the molecule is C=C(CC)CC(O)COc1ccc(Cl)cc1. The van der Waals surface area contributed by atoms with Crippen molar-refractivity contribution in [1.29, 1.82) is 0 Å². The summed E-state index contributed by atoms with van der Waals surface area (Å²) < 4.78 is 5.42. The molecule has 0 spiro atoms. The number of halogens is 1. The Morgan fingerprint density at radius 3 is 2.62 bits per heavy atom. The summed E-state index contributed by atoms with van der Waals surface area (Å²) in [5.41, 5.74) is 1.03. The van der Waals surface area contributed by atoms with Gasteiger partial charge in [0.15, 0.2) is 0 Å². The fourth-order valence-corrected chi connectivity index (χ4v) is 1.39. The summed E-state index contributed by atoms with van der Waals surface area (Å²) in [6, 6.07) is 7.08. The Labute approximate surface area is 102 Å². The second-order valence-corrected chi connectivity index (χ2v) is 4.16. The van der Waals surface area contributed by atoms with Crippen LogP contribution in [-0.2, 0) is 0 Å². The van der Waals surface area contributed by atoms with Crippen molar-refractivity contribution in [3.8, 4) is 5.75 Å². The zero-order chi connectivity index (χ0) is 12.0. The number of hydrogen-bond donors (Lipinski definition) is 1. The van der Waals surface area contributed by atoms with Gasteiger partial charge in [-0.3, -0.25) is 0 Å². The second kappa shape index (κ2) is 6.56. The molecular weight excluding hydrogens is 224 g/mol. The van der Waals surface area contributed by atoms with Gasteiger partial charge in [0.25, 0.3) is 0 Å². The molecule has 0 aliphatic rings. The maximum absolute atomic E-state index is 9.65. The number of aliphatic hydroxyl groups is 1. The molecule has 0 fully saturated rings. The van der Waals surface area contributed by atoms with Crippen LogP contribution in [0.25, 0.3) is 0 Å². The third-order valence-corrected chi connectivity index (χ3v) is 2.53. The highest BCUT2D eigenvalue weighted by molar-refractivity contribution is 6.30. The highest BCUT2D eigenvalue weighted by atomic mass is 35.5. The van der Waals surface area contributed by atoms with E-state index in [0.717, 1.165) is 12.0 Å². The molecule has 1 N–H and O–H groups in total. The van der Waals surface area contributed by atoms with E-state index < -0.39 is 6.10 Å². The lowest BCUT2D eigenvalue weighted by atomic mass is 10.1. The molecule has 1 atom stereocenters. The topological polar surface area (TPSA) is 29.5 Å². The number of ether oxygens (including phenoxy) is 1. The standard InChI is InChI=1S/C13H17ClO2/c1-3-10(2)8-12(15)9-16-13-6-4-11(14)5-7-13/h4-7,12,15H,2-3,8-9H2,1H3. The Bertz CT molecular complexity index is 332. The third kappa shape index (κ3) is 4.69. The summed E-state index contributed by atoms with van der Waals surface area (Å²) in [5.74, 6) is 0.713. The Morgan fingerprint density at radius 1 is 1.44 bits per heavy atom. The van der Waals surface area contributed by atoms with E-state index >= 15 is 0 Å². The molecule has 0 amide bonds. The van der Waals surface area contributed by atoms with E-state index in [0.29, 0.717) is 17.2 Å². The number of benzene rings is 1. The van der Waals surface area contributed by atoms with E-state index in [2.05, 4.69) is 6.58 Å². The van der Waals surface area contributed by atoms with Crippen LogP contribution in [0.2, 0.25) is 5.02 Å². The fraction of sp³-hybridized carbons (Fsp3) is 0.385. The van der Waals surface area contributed by atoms with E-state index in [1.807, 2.05) is 6.92 Å². The number of aliphatic hydroxyl groups excluding tert-OH is 1. The minimum Gasteiger partial charge on any atom is -0.491 e. The van der Waals surface area contributed by atoms with Gasteiger partial charge in [-0.15, -0.1) is 0 Å². The van der Waals surface area contributed by atoms with Gasteiger partial charge in [-0.2, -0.15) is 0 Å². The fourth-order valence-electron chi connectivity index (χ4n) is 1.26. The summed E-state index contributed by atoms with van der Waals surface area (Å²) in [7, 11) is 0. The van der Waals surface area contributed by atoms with Gasteiger partial charge in [0.2, 0.25) is 0 Å². The van der Waals surface area contributed by atoms with Crippen LogP contribution < -0.4 is 4.74 Å². The molecule has 2 nitrogen and oxygen atoms in total. The average Bonchev–Trinajstić information content (AvgIpc) is 2.28. The summed E-state index contributed by atoms with van der Waals surface area (Å²) in [6.07, 6.45) is 0.977. The minimum atomic E-state index is -0.497. The number of rotatable bonds is 6. The van der Waals surface area contributed by atoms with Crippen molar-refractivity contribution < 1.29 is 9.84 Å². The molecule has 0 aliphatic carbocycles. The molecule has 1 unspecified atom stereocenters. The van der Waals surface area contributed by atoms with Gasteiger partial charge >= 0.3 is 0 Å². The maximum atomic E-state index is 9.65. The Balaban J connectivity index is 2.34. The van der Waals surface area contributed by atoms with Gasteiger partial charge in [-0.05, 0) is 37.1 Å². The molecule has 0 aliphatic heterocycles. The van der Waals surface area contributed by atoms with Crippen molar-refractivity contribution >= 4 is 11.6 Å². The molecule has 1 rings (SSSR count). The van der Waals surface area contributed by atoms with E-state index in [1.165, 1.54) is 0 Å². The van der Waals surface area contributed by atoms with Crippen LogP contribution in [0.1, 0.15) is 19.8 Å². The first-order chi connectivity index (χ1) is 7.61. The molecule has 88 valence electrons. The van der Waals surface area contributed by atoms with Gasteiger partial charge in [0.05, 0.1) is 6.10 Å². The molecule has 0 bridgehead atoms. The van der Waals surface area contributed by atoms with Crippen LogP contribution in [-0.4, -0.2) is 17.8 Å². The average molecular weight is 241 g/mol. The second-order valence-electron chi connectivity index (χ2n) is 3.73. The number of hydrogen-bond acceptors (Lipinski definition) is 2. The minimum absolute atomic E-state index is 0.278. The first-order valence-corrected chi connectivity index (χ1v) is 5.72. The molecular formula is C13H17ClO2. The van der Waals surface area contributed by atoms with Crippen molar-refractivity contribution in [3.05, 3.63) is 41.4 Å². The Kier molecular flexibility index (Phi) is 5.36. The normalized spacial score (nSPS) is 12.2. The Morgan fingerprint density at radius 2 is 2.06 bits per heavy atom. The van der Waals surface area contributed by atoms with Crippen LogP contribution >= 0.6 is 11.6 Å². The van der Waals surface area contributed by atoms with Gasteiger partial charge in [-0.1, -0.05) is 30.7 Å². The van der Waals surface area contributed by atoms with Crippen LogP contribution in [0.3, 0.4) is 0 Å². The first-order valence-electron chi connectivity index (χ1n) is 5.35. The summed E-state index contributed by atoms with van der Waals surface area (Å²) in [4.78, 5) is 0. The predicted octanol–water partition coefficient (Wildman–Crippen LogP) is 3.44. The molecule has 0 heterocycles. The zero-order valence-electron chi connectivity index (χ0n) is 9.45. The van der Waals surface area contributed by atoms with Crippen molar-refractivity contribution in [2.75, 3.05) is 6.61 Å². The summed E-state index contributed by atoms with van der Waals surface area (Å²) >= 11 is 5.75.